The first-order valence-corrected chi connectivity index (χ1v) is 6.10. The Kier molecular flexibility index (Phi) is 9.22. The van der Waals surface area contributed by atoms with E-state index in [1.165, 1.54) is 0 Å². The highest BCUT2D eigenvalue weighted by Crippen LogP contribution is 2.16. The van der Waals surface area contributed by atoms with Crippen LogP contribution in [0.1, 0.15) is 11.1 Å². The van der Waals surface area contributed by atoms with E-state index in [0.29, 0.717) is 6.54 Å². The van der Waals surface area contributed by atoms with Gasteiger partial charge in [-0.1, -0.05) is 38.0 Å². The summed E-state index contributed by atoms with van der Waals surface area (Å²) in [5.74, 6) is -0.421. The molecule has 0 fully saturated rings. The van der Waals surface area contributed by atoms with Crippen molar-refractivity contribution in [1.82, 2.24) is 0 Å². The summed E-state index contributed by atoms with van der Waals surface area (Å²) in [7, 11) is 0. The lowest BCUT2D eigenvalue weighted by molar-refractivity contribution is -0.137. The third-order valence-electron chi connectivity index (χ3n) is 2.04. The molecule has 0 unspecified atom stereocenters. The molecule has 0 saturated heterocycles. The summed E-state index contributed by atoms with van der Waals surface area (Å²) in [6.07, 6.45) is 4.72. The number of hydrogen-bond acceptors (Lipinski definition) is 4. The average Bonchev–Trinajstić information content (AvgIpc) is 2.45. The van der Waals surface area contributed by atoms with E-state index in [4.69, 9.17) is 5.73 Å². The number of hydrogen-bond donors (Lipinski definition) is 2. The summed E-state index contributed by atoms with van der Waals surface area (Å²) >= 11 is 4.21. The van der Waals surface area contributed by atoms with Gasteiger partial charge in [-0.15, -0.1) is 12.6 Å². The van der Waals surface area contributed by atoms with E-state index < -0.39 is 5.97 Å². The summed E-state index contributed by atoms with van der Waals surface area (Å²) in [5.41, 5.74) is 7.19. The number of benzene rings is 1. The molecule has 0 saturated carbocycles. The number of esters is 1. The highest BCUT2D eigenvalue weighted by molar-refractivity contribution is 7.80. The van der Waals surface area contributed by atoms with Crippen molar-refractivity contribution in [2.24, 2.45) is 5.73 Å². The van der Waals surface area contributed by atoms with Crippen LogP contribution >= 0.6 is 12.6 Å². The van der Waals surface area contributed by atoms with E-state index in [1.54, 1.807) is 6.08 Å². The Bertz CT molecular complexity index is 455. The second-order valence-electron chi connectivity index (χ2n) is 3.38. The molecule has 0 amide bonds. The summed E-state index contributed by atoms with van der Waals surface area (Å²) in [5, 5.41) is 0. The zero-order valence-corrected chi connectivity index (χ0v) is 11.7. The van der Waals surface area contributed by atoms with Crippen molar-refractivity contribution >= 4 is 30.8 Å². The molecular weight excluding hydrogens is 258 g/mol. The first kappa shape index (κ1) is 17.2. The summed E-state index contributed by atoms with van der Waals surface area (Å²) in [6, 6.07) is 5.88. The second-order valence-corrected chi connectivity index (χ2v) is 3.90. The van der Waals surface area contributed by atoms with Crippen LogP contribution in [0.3, 0.4) is 0 Å². The highest BCUT2D eigenvalue weighted by Gasteiger charge is 1.94. The van der Waals surface area contributed by atoms with E-state index in [0.717, 1.165) is 22.1 Å². The molecule has 0 radical (unpaired) electrons. The van der Waals surface area contributed by atoms with E-state index in [1.807, 2.05) is 24.3 Å². The predicted octanol–water partition coefficient (Wildman–Crippen LogP) is 2.94. The maximum absolute atomic E-state index is 10.2. The third-order valence-corrected chi connectivity index (χ3v) is 2.32. The first-order valence-electron chi connectivity index (χ1n) is 5.66. The Morgan fingerprint density at radius 2 is 1.89 bits per heavy atom. The number of thiol groups is 1. The van der Waals surface area contributed by atoms with E-state index in [2.05, 4.69) is 37.1 Å². The minimum absolute atomic E-state index is 0.269. The summed E-state index contributed by atoms with van der Waals surface area (Å²) in [4.78, 5) is 11.1. The molecule has 0 aliphatic rings. The van der Waals surface area contributed by atoms with Gasteiger partial charge in [-0.05, 0) is 23.3 Å². The van der Waals surface area contributed by atoms with E-state index >= 15 is 0 Å². The van der Waals surface area contributed by atoms with Crippen molar-refractivity contribution < 1.29 is 9.53 Å². The molecule has 102 valence electrons. The van der Waals surface area contributed by atoms with Gasteiger partial charge >= 0.3 is 5.97 Å². The molecule has 0 spiro atoms. The quantitative estimate of drug-likeness (QED) is 0.494. The van der Waals surface area contributed by atoms with Crippen molar-refractivity contribution in [3.05, 3.63) is 55.1 Å². The lowest BCUT2D eigenvalue weighted by Crippen LogP contribution is -2.11. The molecule has 3 nitrogen and oxygen atoms in total. The van der Waals surface area contributed by atoms with Crippen molar-refractivity contribution in [1.29, 1.82) is 0 Å². The zero-order valence-electron chi connectivity index (χ0n) is 10.8. The number of carbonyl (C=O) groups excluding carboxylic acids is 1. The van der Waals surface area contributed by atoms with Crippen LogP contribution < -0.4 is 5.73 Å². The Balaban J connectivity index is 0.000000362. The van der Waals surface area contributed by atoms with Crippen LogP contribution in [0.15, 0.2) is 48.9 Å². The van der Waals surface area contributed by atoms with Gasteiger partial charge in [-0.3, -0.25) is 0 Å². The minimum Gasteiger partial charge on any atom is -0.461 e. The van der Waals surface area contributed by atoms with E-state index in [-0.39, 0.29) is 6.61 Å². The van der Waals surface area contributed by atoms with Crippen molar-refractivity contribution in [3.63, 3.8) is 0 Å². The Morgan fingerprint density at radius 1 is 1.26 bits per heavy atom. The van der Waals surface area contributed by atoms with Crippen molar-refractivity contribution in [3.8, 4) is 0 Å². The van der Waals surface area contributed by atoms with Crippen LogP contribution in [0.5, 0.6) is 0 Å². The van der Waals surface area contributed by atoms with Crippen LogP contribution in [0, 0.1) is 0 Å². The zero-order chi connectivity index (χ0) is 14.7. The average molecular weight is 277 g/mol. The van der Waals surface area contributed by atoms with Gasteiger partial charge in [-0.25, -0.2) is 4.79 Å². The maximum Gasteiger partial charge on any atom is 0.330 e. The van der Waals surface area contributed by atoms with Gasteiger partial charge in [0.2, 0.25) is 0 Å². The van der Waals surface area contributed by atoms with Crippen molar-refractivity contribution in [2.45, 2.75) is 4.90 Å². The molecule has 1 aromatic rings. The lowest BCUT2D eigenvalue weighted by atomic mass is 10.1. The largest absolute Gasteiger partial charge is 0.461 e. The molecule has 1 aromatic carbocycles. The monoisotopic (exact) mass is 277 g/mol. The highest BCUT2D eigenvalue weighted by atomic mass is 32.1. The van der Waals surface area contributed by atoms with Gasteiger partial charge in [0.05, 0.1) is 0 Å². The molecule has 0 aliphatic carbocycles. The summed E-state index contributed by atoms with van der Waals surface area (Å²) in [6.45, 7) is 11.2. The molecular formula is C15H19NO2S. The topological polar surface area (TPSA) is 52.3 Å². The Hall–Kier alpha value is -1.78. The molecule has 0 aliphatic heterocycles. The fraction of sp³-hybridized carbons (Fsp3) is 0.133. The standard InChI is InChI=1S/C10H10S.C5H9NO2/c1-3-8-5-6-10(11)7-9(8)4-2;1-2-5(7)8-4-3-6/h3-7,11H,1-2H2;2H,1,3-4,6H2. The van der Waals surface area contributed by atoms with Crippen LogP contribution in [0.25, 0.3) is 12.2 Å². The molecule has 0 atom stereocenters. The third kappa shape index (κ3) is 7.28. The molecule has 0 heterocycles. The molecule has 2 N–H and O–H groups in total. The number of rotatable bonds is 5. The fourth-order valence-corrected chi connectivity index (χ4v) is 1.36. The SMILES string of the molecule is C=CC(=O)OCCN.C=Cc1ccc(S)cc1C=C. The number of ether oxygens (including phenoxy) is 1. The smallest absolute Gasteiger partial charge is 0.330 e. The molecule has 1 rings (SSSR count). The summed E-state index contributed by atoms with van der Waals surface area (Å²) < 4.78 is 4.46. The lowest BCUT2D eigenvalue weighted by Gasteiger charge is -2.00. The van der Waals surface area contributed by atoms with Crippen LogP contribution in [-0.2, 0) is 9.53 Å². The minimum atomic E-state index is -0.421. The van der Waals surface area contributed by atoms with Crippen LogP contribution in [-0.4, -0.2) is 19.1 Å². The van der Waals surface area contributed by atoms with Gasteiger partial charge in [-0.2, -0.15) is 0 Å². The molecule has 0 aromatic heterocycles. The maximum atomic E-state index is 10.2. The van der Waals surface area contributed by atoms with Gasteiger partial charge in [0.15, 0.2) is 0 Å². The predicted molar refractivity (Wildman–Crippen MR) is 84.1 cm³/mol. The second kappa shape index (κ2) is 10.2. The van der Waals surface area contributed by atoms with Crippen LogP contribution in [0.4, 0.5) is 0 Å². The molecule has 19 heavy (non-hydrogen) atoms. The number of nitrogens with two attached hydrogens (primary N) is 1. The number of carbonyl (C=O) groups is 1. The Morgan fingerprint density at radius 3 is 2.37 bits per heavy atom. The van der Waals surface area contributed by atoms with Gasteiger partial charge in [0, 0.05) is 17.5 Å². The van der Waals surface area contributed by atoms with E-state index in [9.17, 15) is 4.79 Å². The first-order chi connectivity index (χ1) is 9.08. The fourth-order valence-electron chi connectivity index (χ4n) is 1.14. The van der Waals surface area contributed by atoms with Gasteiger partial charge in [0.25, 0.3) is 0 Å². The van der Waals surface area contributed by atoms with Crippen molar-refractivity contribution in [2.75, 3.05) is 13.2 Å². The van der Waals surface area contributed by atoms with Crippen LogP contribution in [0.2, 0.25) is 0 Å². The molecule has 0 bridgehead atoms. The Labute approximate surface area is 119 Å². The normalized spacial score (nSPS) is 8.74. The van der Waals surface area contributed by atoms with Gasteiger partial charge < -0.3 is 10.5 Å². The van der Waals surface area contributed by atoms with Gasteiger partial charge in [0.1, 0.15) is 6.61 Å². The molecule has 4 heteroatoms.